The molecule has 1 unspecified atom stereocenters. The number of pyridine rings is 1. The number of nitrogens with zero attached hydrogens (tertiary/aromatic N) is 1. The molecule has 0 aliphatic carbocycles. The molecule has 0 fully saturated rings. The minimum Gasteiger partial charge on any atom is -0.313 e. The van der Waals surface area contributed by atoms with E-state index >= 15 is 0 Å². The first-order valence-corrected chi connectivity index (χ1v) is 5.90. The number of aryl methyl sites for hydroxylation is 1. The van der Waals surface area contributed by atoms with Crippen molar-refractivity contribution in [2.45, 2.75) is 19.9 Å². The number of benzene rings is 1. The van der Waals surface area contributed by atoms with Crippen LogP contribution in [0.1, 0.15) is 24.1 Å². The van der Waals surface area contributed by atoms with E-state index in [9.17, 15) is 0 Å². The molecule has 2 nitrogen and oxygen atoms in total. The third kappa shape index (κ3) is 2.71. The van der Waals surface area contributed by atoms with Gasteiger partial charge in [-0.05, 0) is 49.7 Å². The van der Waals surface area contributed by atoms with Gasteiger partial charge in [0.2, 0.25) is 0 Å². The Kier molecular flexibility index (Phi) is 3.55. The summed E-state index contributed by atoms with van der Waals surface area (Å²) in [6.07, 6.45) is 3.79. The largest absolute Gasteiger partial charge is 0.313 e. The Hall–Kier alpha value is -1.67. The Bertz CT molecular complexity index is 506. The molecule has 0 saturated carbocycles. The van der Waals surface area contributed by atoms with Gasteiger partial charge in [0.15, 0.2) is 0 Å². The first-order valence-electron chi connectivity index (χ1n) is 5.90. The maximum atomic E-state index is 4.24. The van der Waals surface area contributed by atoms with E-state index in [0.29, 0.717) is 6.04 Å². The SMILES string of the molecule is CNC(C)c1cccc(-c2cncc(C)c2)c1. The van der Waals surface area contributed by atoms with E-state index in [0.717, 1.165) is 0 Å². The van der Waals surface area contributed by atoms with Gasteiger partial charge in [0.05, 0.1) is 0 Å². The second-order valence-electron chi connectivity index (χ2n) is 4.39. The summed E-state index contributed by atoms with van der Waals surface area (Å²) in [5.74, 6) is 0. The fourth-order valence-corrected chi connectivity index (χ4v) is 1.87. The monoisotopic (exact) mass is 226 g/mol. The van der Waals surface area contributed by atoms with Crippen LogP contribution in [0.4, 0.5) is 0 Å². The van der Waals surface area contributed by atoms with E-state index in [1.165, 1.54) is 22.3 Å². The first kappa shape index (κ1) is 11.8. The summed E-state index contributed by atoms with van der Waals surface area (Å²) in [7, 11) is 1.98. The van der Waals surface area contributed by atoms with Crippen LogP contribution in [0.5, 0.6) is 0 Å². The highest BCUT2D eigenvalue weighted by atomic mass is 14.8. The summed E-state index contributed by atoms with van der Waals surface area (Å²) in [5.41, 5.74) is 4.89. The molecule has 0 aliphatic rings. The standard InChI is InChI=1S/C15H18N2/c1-11-7-15(10-17-9-11)14-6-4-5-13(8-14)12(2)16-3/h4-10,12,16H,1-3H3. The quantitative estimate of drug-likeness (QED) is 0.868. The lowest BCUT2D eigenvalue weighted by Gasteiger charge is -2.12. The lowest BCUT2D eigenvalue weighted by molar-refractivity contribution is 0.652. The third-order valence-corrected chi connectivity index (χ3v) is 3.03. The van der Waals surface area contributed by atoms with Crippen LogP contribution in [0.25, 0.3) is 11.1 Å². The minimum atomic E-state index is 0.368. The average Bonchev–Trinajstić information content (AvgIpc) is 2.38. The zero-order chi connectivity index (χ0) is 12.3. The summed E-state index contributed by atoms with van der Waals surface area (Å²) >= 11 is 0. The van der Waals surface area contributed by atoms with Crippen molar-refractivity contribution in [3.63, 3.8) is 0 Å². The molecule has 0 saturated heterocycles. The predicted octanol–water partition coefficient (Wildman–Crippen LogP) is 3.34. The fraction of sp³-hybridized carbons (Fsp3) is 0.267. The van der Waals surface area contributed by atoms with Gasteiger partial charge >= 0.3 is 0 Å². The van der Waals surface area contributed by atoms with Crippen molar-refractivity contribution in [2.24, 2.45) is 0 Å². The summed E-state index contributed by atoms with van der Waals surface area (Å²) in [5, 5.41) is 3.26. The van der Waals surface area contributed by atoms with Crippen LogP contribution >= 0.6 is 0 Å². The summed E-state index contributed by atoms with van der Waals surface area (Å²) < 4.78 is 0. The second-order valence-corrected chi connectivity index (χ2v) is 4.39. The molecule has 1 N–H and O–H groups in total. The average molecular weight is 226 g/mol. The van der Waals surface area contributed by atoms with Crippen molar-refractivity contribution < 1.29 is 0 Å². The Morgan fingerprint density at radius 1 is 1.12 bits per heavy atom. The molecule has 0 aliphatic heterocycles. The highest BCUT2D eigenvalue weighted by Crippen LogP contribution is 2.23. The van der Waals surface area contributed by atoms with Gasteiger partial charge in [-0.3, -0.25) is 4.98 Å². The summed E-state index contributed by atoms with van der Waals surface area (Å²) in [6, 6.07) is 11.1. The zero-order valence-corrected chi connectivity index (χ0v) is 10.6. The molecular weight excluding hydrogens is 208 g/mol. The van der Waals surface area contributed by atoms with Crippen LogP contribution in [-0.2, 0) is 0 Å². The molecule has 2 heteroatoms. The van der Waals surface area contributed by atoms with E-state index in [-0.39, 0.29) is 0 Å². The van der Waals surface area contributed by atoms with Crippen LogP contribution in [-0.4, -0.2) is 12.0 Å². The minimum absolute atomic E-state index is 0.368. The van der Waals surface area contributed by atoms with Gasteiger partial charge in [0, 0.05) is 24.0 Å². The van der Waals surface area contributed by atoms with Crippen molar-refractivity contribution in [3.8, 4) is 11.1 Å². The molecule has 1 aromatic heterocycles. The Morgan fingerprint density at radius 3 is 2.65 bits per heavy atom. The van der Waals surface area contributed by atoms with Gasteiger partial charge in [0.1, 0.15) is 0 Å². The van der Waals surface area contributed by atoms with Gasteiger partial charge < -0.3 is 5.32 Å². The Balaban J connectivity index is 2.39. The molecule has 17 heavy (non-hydrogen) atoms. The van der Waals surface area contributed by atoms with Crippen LogP contribution in [0.2, 0.25) is 0 Å². The first-order chi connectivity index (χ1) is 8.20. The predicted molar refractivity (Wildman–Crippen MR) is 71.9 cm³/mol. The van der Waals surface area contributed by atoms with Crippen LogP contribution < -0.4 is 5.32 Å². The van der Waals surface area contributed by atoms with Gasteiger partial charge in [-0.15, -0.1) is 0 Å². The maximum Gasteiger partial charge on any atom is 0.0346 e. The summed E-state index contributed by atoms with van der Waals surface area (Å²) in [4.78, 5) is 4.24. The van der Waals surface area contributed by atoms with E-state index < -0.39 is 0 Å². The zero-order valence-electron chi connectivity index (χ0n) is 10.6. The Labute approximate surface area is 103 Å². The van der Waals surface area contributed by atoms with Crippen LogP contribution in [0.15, 0.2) is 42.7 Å². The van der Waals surface area contributed by atoms with Crippen molar-refractivity contribution in [2.75, 3.05) is 7.05 Å². The smallest absolute Gasteiger partial charge is 0.0346 e. The highest BCUT2D eigenvalue weighted by Gasteiger charge is 2.04. The lowest BCUT2D eigenvalue weighted by atomic mass is 10.0. The van der Waals surface area contributed by atoms with Gasteiger partial charge in [0.25, 0.3) is 0 Å². The molecular formula is C15H18N2. The van der Waals surface area contributed by atoms with Gasteiger partial charge in [-0.25, -0.2) is 0 Å². The molecule has 2 aromatic rings. The van der Waals surface area contributed by atoms with Crippen molar-refractivity contribution in [1.29, 1.82) is 0 Å². The van der Waals surface area contributed by atoms with Crippen molar-refractivity contribution >= 4 is 0 Å². The van der Waals surface area contributed by atoms with Gasteiger partial charge in [-0.1, -0.05) is 18.2 Å². The number of hydrogen-bond donors (Lipinski definition) is 1. The third-order valence-electron chi connectivity index (χ3n) is 3.03. The fourth-order valence-electron chi connectivity index (χ4n) is 1.87. The van der Waals surface area contributed by atoms with E-state index in [4.69, 9.17) is 0 Å². The van der Waals surface area contributed by atoms with Crippen LogP contribution in [0.3, 0.4) is 0 Å². The molecule has 0 bridgehead atoms. The number of aromatic nitrogens is 1. The second kappa shape index (κ2) is 5.11. The summed E-state index contributed by atoms with van der Waals surface area (Å²) in [6.45, 7) is 4.23. The molecule has 0 spiro atoms. The maximum absolute atomic E-state index is 4.24. The van der Waals surface area contributed by atoms with Crippen molar-refractivity contribution in [1.82, 2.24) is 10.3 Å². The molecule has 1 aromatic carbocycles. The number of rotatable bonds is 3. The van der Waals surface area contributed by atoms with E-state index in [1.807, 2.05) is 19.4 Å². The molecule has 1 heterocycles. The van der Waals surface area contributed by atoms with Gasteiger partial charge in [-0.2, -0.15) is 0 Å². The molecule has 2 rings (SSSR count). The lowest BCUT2D eigenvalue weighted by Crippen LogP contribution is -2.12. The topological polar surface area (TPSA) is 24.9 Å². The number of hydrogen-bond acceptors (Lipinski definition) is 2. The highest BCUT2D eigenvalue weighted by molar-refractivity contribution is 5.63. The number of nitrogens with one attached hydrogen (secondary N) is 1. The molecule has 1 atom stereocenters. The van der Waals surface area contributed by atoms with E-state index in [1.54, 1.807) is 0 Å². The molecule has 88 valence electrons. The van der Waals surface area contributed by atoms with Crippen molar-refractivity contribution in [3.05, 3.63) is 53.9 Å². The molecule has 0 amide bonds. The molecule has 0 radical (unpaired) electrons. The van der Waals surface area contributed by atoms with E-state index in [2.05, 4.69) is 54.5 Å². The van der Waals surface area contributed by atoms with Crippen LogP contribution in [0, 0.1) is 6.92 Å². The Morgan fingerprint density at radius 2 is 1.94 bits per heavy atom. The normalized spacial score (nSPS) is 12.4.